The van der Waals surface area contributed by atoms with Crippen LogP contribution >= 0.6 is 0 Å². The molecule has 1 aromatic carbocycles. The van der Waals surface area contributed by atoms with Gasteiger partial charge < -0.3 is 10.4 Å². The summed E-state index contributed by atoms with van der Waals surface area (Å²) in [4.78, 5) is 0. The standard InChI is InChI=1S/C14H22FNO/c1-11(16-9-8-12(2)17)6-7-13-4-3-5-14(15)10-13/h3-5,10-12,16-17H,6-9H2,1-2H3. The lowest BCUT2D eigenvalue weighted by molar-refractivity contribution is 0.182. The highest BCUT2D eigenvalue weighted by Crippen LogP contribution is 2.07. The third-order valence-corrected chi connectivity index (χ3v) is 2.81. The SMILES string of the molecule is CC(O)CCNC(C)CCc1cccc(F)c1. The maximum atomic E-state index is 12.9. The Morgan fingerprint density at radius 3 is 2.71 bits per heavy atom. The zero-order valence-corrected chi connectivity index (χ0v) is 10.6. The highest BCUT2D eigenvalue weighted by atomic mass is 19.1. The van der Waals surface area contributed by atoms with E-state index in [1.54, 1.807) is 19.1 Å². The van der Waals surface area contributed by atoms with E-state index in [2.05, 4.69) is 12.2 Å². The van der Waals surface area contributed by atoms with E-state index < -0.39 is 0 Å². The molecule has 0 amide bonds. The van der Waals surface area contributed by atoms with Gasteiger partial charge in [-0.1, -0.05) is 12.1 Å². The van der Waals surface area contributed by atoms with Crippen LogP contribution in [0.25, 0.3) is 0 Å². The maximum absolute atomic E-state index is 12.9. The van der Waals surface area contributed by atoms with Crippen LogP contribution in [0.1, 0.15) is 32.3 Å². The van der Waals surface area contributed by atoms with Crippen molar-refractivity contribution in [3.63, 3.8) is 0 Å². The van der Waals surface area contributed by atoms with Crippen molar-refractivity contribution in [3.05, 3.63) is 35.6 Å². The Labute approximate surface area is 103 Å². The van der Waals surface area contributed by atoms with E-state index in [1.165, 1.54) is 6.07 Å². The summed E-state index contributed by atoms with van der Waals surface area (Å²) >= 11 is 0. The minimum atomic E-state index is -0.252. The van der Waals surface area contributed by atoms with Gasteiger partial charge in [0.25, 0.3) is 0 Å². The molecule has 2 N–H and O–H groups in total. The molecular formula is C14H22FNO. The molecule has 0 saturated heterocycles. The molecule has 3 heteroatoms. The average Bonchev–Trinajstić information content (AvgIpc) is 2.26. The van der Waals surface area contributed by atoms with E-state index in [4.69, 9.17) is 5.11 Å². The molecule has 2 unspecified atom stereocenters. The summed E-state index contributed by atoms with van der Waals surface area (Å²) in [5.41, 5.74) is 1.04. The molecule has 1 aromatic rings. The number of benzene rings is 1. The van der Waals surface area contributed by atoms with Gasteiger partial charge in [-0.2, -0.15) is 0 Å². The zero-order valence-electron chi connectivity index (χ0n) is 10.6. The third kappa shape index (κ3) is 6.39. The largest absolute Gasteiger partial charge is 0.393 e. The normalized spacial score (nSPS) is 14.6. The molecule has 1 rings (SSSR count). The lowest BCUT2D eigenvalue weighted by Gasteiger charge is -2.14. The molecule has 0 aliphatic rings. The number of aliphatic hydroxyl groups excluding tert-OH is 1. The maximum Gasteiger partial charge on any atom is 0.123 e. The van der Waals surface area contributed by atoms with E-state index in [0.29, 0.717) is 6.04 Å². The number of halogens is 1. The second-order valence-electron chi connectivity index (χ2n) is 4.66. The van der Waals surface area contributed by atoms with E-state index in [0.717, 1.165) is 31.4 Å². The van der Waals surface area contributed by atoms with Gasteiger partial charge in [-0.25, -0.2) is 4.39 Å². The van der Waals surface area contributed by atoms with Crippen LogP contribution in [0.5, 0.6) is 0 Å². The number of rotatable bonds is 7. The Kier molecular flexibility index (Phi) is 6.16. The molecule has 0 bridgehead atoms. The fourth-order valence-electron chi connectivity index (χ4n) is 1.72. The first-order valence-electron chi connectivity index (χ1n) is 6.24. The van der Waals surface area contributed by atoms with Gasteiger partial charge in [0.05, 0.1) is 6.10 Å². The summed E-state index contributed by atoms with van der Waals surface area (Å²) in [6, 6.07) is 7.13. The van der Waals surface area contributed by atoms with Crippen LogP contribution in [0.3, 0.4) is 0 Å². The van der Waals surface area contributed by atoms with Crippen molar-refractivity contribution < 1.29 is 9.50 Å². The smallest absolute Gasteiger partial charge is 0.123 e. The van der Waals surface area contributed by atoms with Crippen molar-refractivity contribution in [1.82, 2.24) is 5.32 Å². The summed E-state index contributed by atoms with van der Waals surface area (Å²) in [6.07, 6.45) is 2.37. The van der Waals surface area contributed by atoms with E-state index in [9.17, 15) is 4.39 Å². The van der Waals surface area contributed by atoms with Crippen molar-refractivity contribution in [2.24, 2.45) is 0 Å². The Morgan fingerprint density at radius 1 is 1.29 bits per heavy atom. The monoisotopic (exact) mass is 239 g/mol. The average molecular weight is 239 g/mol. The van der Waals surface area contributed by atoms with Crippen LogP contribution in [0.2, 0.25) is 0 Å². The Balaban J connectivity index is 2.21. The molecule has 0 spiro atoms. The first kappa shape index (κ1) is 14.1. The fraction of sp³-hybridized carbons (Fsp3) is 0.571. The van der Waals surface area contributed by atoms with Gasteiger partial charge in [-0.3, -0.25) is 0 Å². The molecule has 0 heterocycles. The van der Waals surface area contributed by atoms with Gasteiger partial charge in [-0.15, -0.1) is 0 Å². The number of hydrogen-bond donors (Lipinski definition) is 2. The summed E-state index contributed by atoms with van der Waals surface area (Å²) in [5.74, 6) is -0.169. The lowest BCUT2D eigenvalue weighted by Crippen LogP contribution is -2.29. The fourth-order valence-corrected chi connectivity index (χ4v) is 1.72. The van der Waals surface area contributed by atoms with Gasteiger partial charge in [0.2, 0.25) is 0 Å². The molecule has 0 aliphatic heterocycles. The minimum absolute atomic E-state index is 0.169. The molecule has 0 saturated carbocycles. The third-order valence-electron chi connectivity index (χ3n) is 2.81. The number of nitrogens with one attached hydrogen (secondary N) is 1. The summed E-state index contributed by atoms with van der Waals surface area (Å²) in [7, 11) is 0. The molecule has 0 aromatic heterocycles. The van der Waals surface area contributed by atoms with E-state index in [1.807, 2.05) is 6.07 Å². The van der Waals surface area contributed by atoms with E-state index >= 15 is 0 Å². The summed E-state index contributed by atoms with van der Waals surface area (Å²) in [5, 5.41) is 12.5. The van der Waals surface area contributed by atoms with Crippen molar-refractivity contribution in [1.29, 1.82) is 0 Å². The van der Waals surface area contributed by atoms with Crippen LogP contribution in [-0.2, 0) is 6.42 Å². The second-order valence-corrected chi connectivity index (χ2v) is 4.66. The lowest BCUT2D eigenvalue weighted by atomic mass is 10.1. The van der Waals surface area contributed by atoms with Crippen LogP contribution < -0.4 is 5.32 Å². The minimum Gasteiger partial charge on any atom is -0.393 e. The summed E-state index contributed by atoms with van der Waals surface area (Å²) < 4.78 is 12.9. The number of aliphatic hydroxyl groups is 1. The molecule has 2 atom stereocenters. The molecule has 0 aliphatic carbocycles. The number of aryl methyl sites for hydroxylation is 1. The van der Waals surface area contributed by atoms with Crippen molar-refractivity contribution in [3.8, 4) is 0 Å². The predicted molar refractivity (Wildman–Crippen MR) is 68.5 cm³/mol. The molecule has 2 nitrogen and oxygen atoms in total. The first-order chi connectivity index (χ1) is 8.08. The van der Waals surface area contributed by atoms with Gasteiger partial charge in [-0.05, 0) is 57.4 Å². The van der Waals surface area contributed by atoms with Crippen LogP contribution in [-0.4, -0.2) is 23.8 Å². The number of hydrogen-bond acceptors (Lipinski definition) is 2. The highest BCUT2D eigenvalue weighted by molar-refractivity contribution is 5.16. The highest BCUT2D eigenvalue weighted by Gasteiger charge is 2.03. The Hall–Kier alpha value is -0.930. The molecule has 96 valence electrons. The molecule has 0 fully saturated rings. The van der Waals surface area contributed by atoms with Gasteiger partial charge in [0.15, 0.2) is 0 Å². The van der Waals surface area contributed by atoms with Crippen LogP contribution in [0.15, 0.2) is 24.3 Å². The predicted octanol–water partition coefficient (Wildman–Crippen LogP) is 2.51. The van der Waals surface area contributed by atoms with Crippen molar-refractivity contribution in [2.45, 2.75) is 45.3 Å². The molecule has 0 radical (unpaired) electrons. The van der Waals surface area contributed by atoms with Gasteiger partial charge in [0, 0.05) is 6.04 Å². The van der Waals surface area contributed by atoms with Gasteiger partial charge in [0.1, 0.15) is 5.82 Å². The molecule has 17 heavy (non-hydrogen) atoms. The van der Waals surface area contributed by atoms with Crippen LogP contribution in [0.4, 0.5) is 4.39 Å². The first-order valence-corrected chi connectivity index (χ1v) is 6.24. The van der Waals surface area contributed by atoms with E-state index in [-0.39, 0.29) is 11.9 Å². The van der Waals surface area contributed by atoms with Crippen LogP contribution in [0, 0.1) is 5.82 Å². The van der Waals surface area contributed by atoms with Gasteiger partial charge >= 0.3 is 0 Å². The van der Waals surface area contributed by atoms with Crippen molar-refractivity contribution >= 4 is 0 Å². The quantitative estimate of drug-likeness (QED) is 0.766. The Bertz CT molecular complexity index is 328. The zero-order chi connectivity index (χ0) is 12.7. The van der Waals surface area contributed by atoms with Crippen molar-refractivity contribution in [2.75, 3.05) is 6.54 Å². The molecular weight excluding hydrogens is 217 g/mol. The Morgan fingerprint density at radius 2 is 2.06 bits per heavy atom. The topological polar surface area (TPSA) is 32.3 Å². The summed E-state index contributed by atoms with van der Waals surface area (Å²) in [6.45, 7) is 4.72. The second kappa shape index (κ2) is 7.41.